The minimum absolute atomic E-state index is 0.557. The van der Waals surface area contributed by atoms with Crippen LogP contribution in [0, 0.1) is 20.8 Å². The molecule has 0 heterocycles. The Balaban J connectivity index is 1.59. The lowest BCUT2D eigenvalue weighted by Gasteiger charge is -2.07. The topological polar surface area (TPSA) is 33.6 Å². The molecule has 3 aromatic rings. The highest BCUT2D eigenvalue weighted by Crippen LogP contribution is 2.16. The van der Waals surface area contributed by atoms with E-state index in [1.165, 1.54) is 16.7 Å². The number of ether oxygens (including phenoxy) is 1. The molecule has 3 heteroatoms. The second-order valence-corrected chi connectivity index (χ2v) is 6.52. The van der Waals surface area contributed by atoms with E-state index in [1.807, 2.05) is 30.3 Å². The first-order chi connectivity index (χ1) is 12.6. The molecule has 0 amide bonds. The third kappa shape index (κ3) is 4.96. The maximum atomic E-state index is 5.88. The monoisotopic (exact) mass is 344 g/mol. The second kappa shape index (κ2) is 8.34. The van der Waals surface area contributed by atoms with Crippen LogP contribution >= 0.6 is 0 Å². The van der Waals surface area contributed by atoms with Gasteiger partial charge in [-0.25, -0.2) is 0 Å². The molecule has 1 N–H and O–H groups in total. The molecule has 0 unspecified atom stereocenters. The van der Waals surface area contributed by atoms with Gasteiger partial charge in [0.05, 0.1) is 11.9 Å². The van der Waals surface area contributed by atoms with Crippen LogP contribution in [0.5, 0.6) is 5.75 Å². The summed E-state index contributed by atoms with van der Waals surface area (Å²) in [7, 11) is 0. The molecule has 3 aromatic carbocycles. The normalized spacial score (nSPS) is 10.9. The minimum Gasteiger partial charge on any atom is -0.489 e. The van der Waals surface area contributed by atoms with Crippen molar-refractivity contribution in [2.75, 3.05) is 5.43 Å². The average molecular weight is 344 g/mol. The Kier molecular flexibility index (Phi) is 5.69. The lowest BCUT2D eigenvalue weighted by atomic mass is 10.1. The zero-order valence-corrected chi connectivity index (χ0v) is 15.5. The number of anilines is 1. The van der Waals surface area contributed by atoms with Crippen LogP contribution in [0.4, 0.5) is 5.69 Å². The fraction of sp³-hybridized carbons (Fsp3) is 0.174. The van der Waals surface area contributed by atoms with Crippen LogP contribution in [0.15, 0.2) is 71.8 Å². The quantitative estimate of drug-likeness (QED) is 0.464. The molecule has 0 radical (unpaired) electrons. The second-order valence-electron chi connectivity index (χ2n) is 6.52. The molecule has 3 nitrogen and oxygen atoms in total. The molecular weight excluding hydrogens is 320 g/mol. The lowest BCUT2D eigenvalue weighted by molar-refractivity contribution is 0.306. The summed E-state index contributed by atoms with van der Waals surface area (Å²) >= 11 is 0. The van der Waals surface area contributed by atoms with E-state index in [2.05, 4.69) is 67.7 Å². The van der Waals surface area contributed by atoms with Crippen LogP contribution in [0.1, 0.15) is 27.8 Å². The molecule has 0 aliphatic carbocycles. The molecule has 0 aromatic heterocycles. The van der Waals surface area contributed by atoms with Crippen molar-refractivity contribution >= 4 is 11.9 Å². The number of benzene rings is 3. The molecule has 0 atom stereocenters. The summed E-state index contributed by atoms with van der Waals surface area (Å²) < 4.78 is 5.88. The fourth-order valence-electron chi connectivity index (χ4n) is 2.53. The van der Waals surface area contributed by atoms with E-state index in [1.54, 1.807) is 6.21 Å². The molecule has 132 valence electrons. The molecule has 0 saturated heterocycles. The predicted molar refractivity (Wildman–Crippen MR) is 109 cm³/mol. The Morgan fingerprint density at radius 1 is 0.885 bits per heavy atom. The van der Waals surface area contributed by atoms with Gasteiger partial charge in [0.1, 0.15) is 12.4 Å². The zero-order valence-electron chi connectivity index (χ0n) is 15.5. The number of nitrogens with one attached hydrogen (secondary N) is 1. The van der Waals surface area contributed by atoms with Crippen molar-refractivity contribution in [3.05, 3.63) is 94.5 Å². The molecule has 0 spiro atoms. The molecule has 0 fully saturated rings. The highest BCUT2D eigenvalue weighted by Gasteiger charge is 1.98. The van der Waals surface area contributed by atoms with Crippen molar-refractivity contribution in [1.82, 2.24) is 0 Å². The third-order valence-electron chi connectivity index (χ3n) is 4.30. The van der Waals surface area contributed by atoms with E-state index < -0.39 is 0 Å². The van der Waals surface area contributed by atoms with E-state index in [4.69, 9.17) is 4.74 Å². The van der Waals surface area contributed by atoms with Crippen LogP contribution < -0.4 is 10.2 Å². The Labute approximate surface area is 155 Å². The Morgan fingerprint density at radius 3 is 2.46 bits per heavy atom. The van der Waals surface area contributed by atoms with Gasteiger partial charge in [0, 0.05) is 0 Å². The molecule has 26 heavy (non-hydrogen) atoms. The SMILES string of the molecule is Cc1ccc(COc2cccc(C=NNc3ccc(C)c(C)c3)c2)cc1. The van der Waals surface area contributed by atoms with Crippen molar-refractivity contribution in [2.45, 2.75) is 27.4 Å². The van der Waals surface area contributed by atoms with Crippen molar-refractivity contribution in [3.8, 4) is 5.75 Å². The van der Waals surface area contributed by atoms with Gasteiger partial charge < -0.3 is 4.74 Å². The highest BCUT2D eigenvalue weighted by atomic mass is 16.5. The average Bonchev–Trinajstić information content (AvgIpc) is 2.65. The number of hydrogen-bond acceptors (Lipinski definition) is 3. The van der Waals surface area contributed by atoms with Crippen molar-refractivity contribution in [3.63, 3.8) is 0 Å². The summed E-state index contributed by atoms with van der Waals surface area (Å²) in [5.41, 5.74) is 9.98. The first-order valence-electron chi connectivity index (χ1n) is 8.75. The summed E-state index contributed by atoms with van der Waals surface area (Å²) in [5, 5.41) is 4.32. The van der Waals surface area contributed by atoms with E-state index in [-0.39, 0.29) is 0 Å². The molecule has 0 saturated carbocycles. The van der Waals surface area contributed by atoms with Crippen LogP contribution in [-0.4, -0.2) is 6.21 Å². The molecule has 0 aliphatic rings. The highest BCUT2D eigenvalue weighted by molar-refractivity contribution is 5.80. The minimum atomic E-state index is 0.557. The van der Waals surface area contributed by atoms with Gasteiger partial charge in [-0.05, 0) is 67.3 Å². The largest absolute Gasteiger partial charge is 0.489 e. The number of rotatable bonds is 6. The smallest absolute Gasteiger partial charge is 0.120 e. The summed E-state index contributed by atoms with van der Waals surface area (Å²) in [5.74, 6) is 0.834. The molecule has 0 aliphatic heterocycles. The van der Waals surface area contributed by atoms with E-state index in [0.29, 0.717) is 6.61 Å². The van der Waals surface area contributed by atoms with Crippen LogP contribution in [0.3, 0.4) is 0 Å². The van der Waals surface area contributed by atoms with Gasteiger partial charge in [0.25, 0.3) is 0 Å². The van der Waals surface area contributed by atoms with Crippen molar-refractivity contribution in [1.29, 1.82) is 0 Å². The lowest BCUT2D eigenvalue weighted by Crippen LogP contribution is -1.96. The van der Waals surface area contributed by atoms with Gasteiger partial charge in [-0.15, -0.1) is 0 Å². The summed E-state index contributed by atoms with van der Waals surface area (Å²) in [4.78, 5) is 0. The van der Waals surface area contributed by atoms with Gasteiger partial charge in [-0.2, -0.15) is 5.10 Å². The first-order valence-corrected chi connectivity index (χ1v) is 8.75. The van der Waals surface area contributed by atoms with E-state index in [0.717, 1.165) is 22.6 Å². The number of aryl methyl sites for hydroxylation is 3. The number of hydrazone groups is 1. The standard InChI is InChI=1S/C23H24N2O/c1-17-7-10-20(11-8-17)16-26-23-6-4-5-21(14-23)15-24-25-22-12-9-18(2)19(3)13-22/h4-15,25H,16H2,1-3H3. The molecule has 3 rings (SSSR count). The summed E-state index contributed by atoms with van der Waals surface area (Å²) in [6.07, 6.45) is 1.80. The van der Waals surface area contributed by atoms with Crippen molar-refractivity contribution < 1.29 is 4.74 Å². The third-order valence-corrected chi connectivity index (χ3v) is 4.30. The van der Waals surface area contributed by atoms with Crippen molar-refractivity contribution in [2.24, 2.45) is 5.10 Å². The van der Waals surface area contributed by atoms with Gasteiger partial charge in [-0.3, -0.25) is 5.43 Å². The summed E-state index contributed by atoms with van der Waals surface area (Å²) in [6, 6.07) is 22.5. The maximum Gasteiger partial charge on any atom is 0.120 e. The Morgan fingerprint density at radius 2 is 1.69 bits per heavy atom. The molecule has 0 bridgehead atoms. The fourth-order valence-corrected chi connectivity index (χ4v) is 2.53. The van der Waals surface area contributed by atoms with E-state index >= 15 is 0 Å². The maximum absolute atomic E-state index is 5.88. The number of hydrogen-bond donors (Lipinski definition) is 1. The van der Waals surface area contributed by atoms with E-state index in [9.17, 15) is 0 Å². The zero-order chi connectivity index (χ0) is 18.4. The van der Waals surface area contributed by atoms with Crippen LogP contribution in [0.2, 0.25) is 0 Å². The van der Waals surface area contributed by atoms with Gasteiger partial charge in [0.2, 0.25) is 0 Å². The number of nitrogens with zero attached hydrogens (tertiary/aromatic N) is 1. The summed E-state index contributed by atoms with van der Waals surface area (Å²) in [6.45, 7) is 6.84. The van der Waals surface area contributed by atoms with Gasteiger partial charge >= 0.3 is 0 Å². The first kappa shape index (κ1) is 17.7. The Bertz CT molecular complexity index is 898. The van der Waals surface area contributed by atoms with Gasteiger partial charge in [-0.1, -0.05) is 48.0 Å². The van der Waals surface area contributed by atoms with Crippen LogP contribution in [0.25, 0.3) is 0 Å². The molecular formula is C23H24N2O. The Hall–Kier alpha value is -3.07. The van der Waals surface area contributed by atoms with Gasteiger partial charge in [0.15, 0.2) is 0 Å². The predicted octanol–water partition coefficient (Wildman–Crippen LogP) is 5.64. The van der Waals surface area contributed by atoms with Crippen LogP contribution in [-0.2, 0) is 6.61 Å².